The van der Waals surface area contributed by atoms with E-state index in [1.165, 1.54) is 30.7 Å². The number of hydrogen-bond acceptors (Lipinski definition) is 7. The summed E-state index contributed by atoms with van der Waals surface area (Å²) in [5.41, 5.74) is 1.53. The van der Waals surface area contributed by atoms with E-state index in [1.807, 2.05) is 0 Å². The van der Waals surface area contributed by atoms with Crippen molar-refractivity contribution >= 4 is 46.1 Å². The largest absolute Gasteiger partial charge is 0.481 e. The standard InChI is InChI=1S/C16H14ClFN6O2/c17-10-6-9(3-4-11(10)18)23-15-14-12(21-8-22-15)7-20-16(24-14)19-5-1-2-13(25)26/h3-4,6-8H,1-2,5H2,(H,25,26)(H,19,20,24)(H,21,22,23). The maximum Gasteiger partial charge on any atom is 0.303 e. The average Bonchev–Trinajstić information content (AvgIpc) is 2.62. The number of carboxylic acids is 1. The quantitative estimate of drug-likeness (QED) is 0.538. The zero-order chi connectivity index (χ0) is 18.5. The summed E-state index contributed by atoms with van der Waals surface area (Å²) in [5.74, 6) is -0.629. The van der Waals surface area contributed by atoms with Crippen LogP contribution in [0.15, 0.2) is 30.7 Å². The summed E-state index contributed by atoms with van der Waals surface area (Å²) in [7, 11) is 0. The molecule has 3 aromatic rings. The highest BCUT2D eigenvalue weighted by molar-refractivity contribution is 6.31. The molecule has 2 heterocycles. The fourth-order valence-corrected chi connectivity index (χ4v) is 2.36. The molecule has 0 bridgehead atoms. The van der Waals surface area contributed by atoms with E-state index in [9.17, 15) is 9.18 Å². The number of nitrogens with zero attached hydrogens (tertiary/aromatic N) is 4. The highest BCUT2D eigenvalue weighted by Gasteiger charge is 2.09. The second-order valence-electron chi connectivity index (χ2n) is 5.33. The third kappa shape index (κ3) is 4.31. The summed E-state index contributed by atoms with van der Waals surface area (Å²) in [6.45, 7) is 0.418. The molecule has 0 spiro atoms. The number of carbonyl (C=O) groups is 1. The predicted molar refractivity (Wildman–Crippen MR) is 95.2 cm³/mol. The van der Waals surface area contributed by atoms with Crippen molar-refractivity contribution in [3.05, 3.63) is 41.6 Å². The van der Waals surface area contributed by atoms with Crippen LogP contribution in [0, 0.1) is 5.82 Å². The Hall–Kier alpha value is -3.07. The van der Waals surface area contributed by atoms with E-state index in [-0.39, 0.29) is 11.4 Å². The number of benzene rings is 1. The van der Waals surface area contributed by atoms with Crippen molar-refractivity contribution in [2.24, 2.45) is 0 Å². The van der Waals surface area contributed by atoms with Crippen molar-refractivity contribution in [1.82, 2.24) is 19.9 Å². The third-order valence-corrected chi connectivity index (χ3v) is 3.70. The van der Waals surface area contributed by atoms with Gasteiger partial charge in [0, 0.05) is 18.7 Å². The number of fused-ring (bicyclic) bond motifs is 1. The molecule has 3 rings (SSSR count). The molecule has 0 radical (unpaired) electrons. The van der Waals surface area contributed by atoms with Crippen LogP contribution in [0.25, 0.3) is 11.0 Å². The minimum Gasteiger partial charge on any atom is -0.481 e. The highest BCUT2D eigenvalue weighted by atomic mass is 35.5. The molecule has 134 valence electrons. The number of aliphatic carboxylic acids is 1. The van der Waals surface area contributed by atoms with E-state index in [1.54, 1.807) is 0 Å². The van der Waals surface area contributed by atoms with Gasteiger partial charge in [0.2, 0.25) is 5.95 Å². The molecule has 8 nitrogen and oxygen atoms in total. The molecule has 0 aliphatic carbocycles. The average molecular weight is 377 g/mol. The number of carboxylic acid groups (broad SMARTS) is 1. The van der Waals surface area contributed by atoms with Gasteiger partial charge in [-0.05, 0) is 24.6 Å². The van der Waals surface area contributed by atoms with Gasteiger partial charge in [0.15, 0.2) is 5.82 Å². The molecular formula is C16H14ClFN6O2. The van der Waals surface area contributed by atoms with Gasteiger partial charge in [-0.1, -0.05) is 11.6 Å². The van der Waals surface area contributed by atoms with Crippen molar-refractivity contribution in [3.63, 3.8) is 0 Å². The van der Waals surface area contributed by atoms with Crippen molar-refractivity contribution < 1.29 is 14.3 Å². The van der Waals surface area contributed by atoms with Crippen molar-refractivity contribution in [1.29, 1.82) is 0 Å². The molecule has 0 unspecified atom stereocenters. The Morgan fingerprint density at radius 1 is 1.27 bits per heavy atom. The predicted octanol–water partition coefficient (Wildman–Crippen LogP) is 3.23. The summed E-state index contributed by atoms with van der Waals surface area (Å²) in [6, 6.07) is 4.22. The zero-order valence-electron chi connectivity index (χ0n) is 13.4. The van der Waals surface area contributed by atoms with E-state index in [0.29, 0.717) is 41.5 Å². The Labute approximate surface area is 152 Å². The minimum absolute atomic E-state index is 0.0104. The summed E-state index contributed by atoms with van der Waals surface area (Å²) in [5, 5.41) is 14.6. The monoisotopic (exact) mass is 376 g/mol. The van der Waals surface area contributed by atoms with Crippen LogP contribution in [0.5, 0.6) is 0 Å². The molecular weight excluding hydrogens is 363 g/mol. The van der Waals surface area contributed by atoms with Gasteiger partial charge in [0.1, 0.15) is 23.2 Å². The summed E-state index contributed by atoms with van der Waals surface area (Å²) in [4.78, 5) is 27.3. The molecule has 0 fully saturated rings. The van der Waals surface area contributed by atoms with Crippen LogP contribution >= 0.6 is 11.6 Å². The molecule has 3 N–H and O–H groups in total. The molecule has 0 aliphatic rings. The number of aromatic nitrogens is 4. The smallest absolute Gasteiger partial charge is 0.303 e. The lowest BCUT2D eigenvalue weighted by atomic mass is 10.3. The van der Waals surface area contributed by atoms with Gasteiger partial charge in [0.25, 0.3) is 0 Å². The lowest BCUT2D eigenvalue weighted by Gasteiger charge is -2.09. The van der Waals surface area contributed by atoms with Crippen LogP contribution < -0.4 is 10.6 Å². The number of nitrogens with one attached hydrogen (secondary N) is 2. The first kappa shape index (κ1) is 17.7. The summed E-state index contributed by atoms with van der Waals surface area (Å²) < 4.78 is 13.3. The molecule has 0 aliphatic heterocycles. The van der Waals surface area contributed by atoms with Crippen LogP contribution in [-0.4, -0.2) is 37.6 Å². The van der Waals surface area contributed by atoms with Gasteiger partial charge in [-0.3, -0.25) is 4.79 Å². The lowest BCUT2D eigenvalue weighted by Crippen LogP contribution is -2.08. The topological polar surface area (TPSA) is 113 Å². The molecule has 0 saturated carbocycles. The normalized spacial score (nSPS) is 10.7. The second-order valence-corrected chi connectivity index (χ2v) is 5.73. The number of hydrogen-bond donors (Lipinski definition) is 3. The van der Waals surface area contributed by atoms with Crippen LogP contribution in [0.1, 0.15) is 12.8 Å². The highest BCUT2D eigenvalue weighted by Crippen LogP contribution is 2.25. The van der Waals surface area contributed by atoms with E-state index < -0.39 is 11.8 Å². The number of halogens is 2. The molecule has 0 atom stereocenters. The van der Waals surface area contributed by atoms with E-state index in [4.69, 9.17) is 16.7 Å². The van der Waals surface area contributed by atoms with Gasteiger partial charge < -0.3 is 15.7 Å². The first-order valence-corrected chi connectivity index (χ1v) is 8.06. The fourth-order valence-electron chi connectivity index (χ4n) is 2.18. The van der Waals surface area contributed by atoms with Gasteiger partial charge in [-0.25, -0.2) is 24.3 Å². The SMILES string of the molecule is O=C(O)CCCNc1ncc2ncnc(Nc3ccc(F)c(Cl)c3)c2n1. The van der Waals surface area contributed by atoms with E-state index >= 15 is 0 Å². The van der Waals surface area contributed by atoms with Gasteiger partial charge in [-0.15, -0.1) is 0 Å². The van der Waals surface area contributed by atoms with Crippen LogP contribution in [0.3, 0.4) is 0 Å². The Balaban J connectivity index is 1.82. The molecule has 0 saturated heterocycles. The molecule has 1 aromatic carbocycles. The Kier molecular flexibility index (Phi) is 5.37. The summed E-state index contributed by atoms with van der Waals surface area (Å²) in [6.07, 6.45) is 3.40. The zero-order valence-corrected chi connectivity index (χ0v) is 14.2. The molecule has 10 heteroatoms. The maximum absolute atomic E-state index is 13.3. The first-order valence-electron chi connectivity index (χ1n) is 7.68. The molecule has 0 amide bonds. The Bertz CT molecular complexity index is 955. The first-order chi connectivity index (χ1) is 12.5. The summed E-state index contributed by atoms with van der Waals surface area (Å²) >= 11 is 5.79. The van der Waals surface area contributed by atoms with Crippen molar-refractivity contribution in [2.45, 2.75) is 12.8 Å². The van der Waals surface area contributed by atoms with Crippen molar-refractivity contribution in [3.8, 4) is 0 Å². The second kappa shape index (κ2) is 7.87. The lowest BCUT2D eigenvalue weighted by molar-refractivity contribution is -0.137. The van der Waals surface area contributed by atoms with Gasteiger partial charge in [-0.2, -0.15) is 0 Å². The van der Waals surface area contributed by atoms with Crippen LogP contribution in [0.2, 0.25) is 5.02 Å². The number of rotatable bonds is 7. The van der Waals surface area contributed by atoms with Crippen molar-refractivity contribution in [2.75, 3.05) is 17.2 Å². The Morgan fingerprint density at radius 2 is 2.12 bits per heavy atom. The van der Waals surface area contributed by atoms with E-state index in [2.05, 4.69) is 30.6 Å². The minimum atomic E-state index is -0.857. The van der Waals surface area contributed by atoms with Gasteiger partial charge in [0.05, 0.1) is 11.2 Å². The maximum atomic E-state index is 13.3. The van der Waals surface area contributed by atoms with Gasteiger partial charge >= 0.3 is 5.97 Å². The Morgan fingerprint density at radius 3 is 2.88 bits per heavy atom. The number of anilines is 3. The third-order valence-electron chi connectivity index (χ3n) is 3.41. The molecule has 2 aromatic heterocycles. The molecule has 26 heavy (non-hydrogen) atoms. The fraction of sp³-hybridized carbons (Fsp3) is 0.188. The van der Waals surface area contributed by atoms with E-state index in [0.717, 1.165) is 0 Å². The van der Waals surface area contributed by atoms with Crippen LogP contribution in [-0.2, 0) is 4.79 Å². The van der Waals surface area contributed by atoms with Crippen LogP contribution in [0.4, 0.5) is 21.8 Å².